The van der Waals surface area contributed by atoms with Crippen LogP contribution in [0.3, 0.4) is 0 Å². The number of esters is 1. The molecule has 0 aromatic heterocycles. The molecule has 0 aromatic carbocycles. The fraction of sp³-hybridized carbons (Fsp3) is 0.769. The second-order valence-corrected chi connectivity index (χ2v) is 5.03. The molecule has 0 bridgehead atoms. The summed E-state index contributed by atoms with van der Waals surface area (Å²) >= 11 is 0. The Bertz CT molecular complexity index is 300. The molecule has 84 valence electrons. The molecule has 0 aliphatic heterocycles. The summed E-state index contributed by atoms with van der Waals surface area (Å²) in [7, 11) is 0. The molecule has 2 aliphatic carbocycles. The summed E-state index contributed by atoms with van der Waals surface area (Å²) < 4.78 is 5.45. The Morgan fingerprint density at radius 2 is 2.13 bits per heavy atom. The fourth-order valence-electron chi connectivity index (χ4n) is 2.45. The highest BCUT2D eigenvalue weighted by Crippen LogP contribution is 2.60. The molecule has 0 heterocycles. The number of carbonyl (C=O) groups excluding carboxylic acids is 1. The predicted molar refractivity (Wildman–Crippen MR) is 59.4 cm³/mol. The first-order chi connectivity index (χ1) is 7.07. The van der Waals surface area contributed by atoms with E-state index in [9.17, 15) is 4.79 Å². The van der Waals surface area contributed by atoms with Gasteiger partial charge in [0.2, 0.25) is 0 Å². The summed E-state index contributed by atoms with van der Waals surface area (Å²) in [6, 6.07) is 0. The van der Waals surface area contributed by atoms with Crippen molar-refractivity contribution in [3.8, 4) is 0 Å². The van der Waals surface area contributed by atoms with Crippen LogP contribution < -0.4 is 0 Å². The minimum absolute atomic E-state index is 0.0545. The van der Waals surface area contributed by atoms with Crippen molar-refractivity contribution in [1.29, 1.82) is 0 Å². The number of hydrogen-bond donors (Lipinski definition) is 0. The van der Waals surface area contributed by atoms with E-state index in [4.69, 9.17) is 4.74 Å². The Balaban J connectivity index is 1.91. The Labute approximate surface area is 91.7 Å². The third-order valence-electron chi connectivity index (χ3n) is 3.66. The molecule has 2 saturated carbocycles. The van der Waals surface area contributed by atoms with Gasteiger partial charge in [-0.15, -0.1) is 0 Å². The number of ether oxygens (including phenoxy) is 1. The van der Waals surface area contributed by atoms with Crippen LogP contribution in [0.1, 0.15) is 46.5 Å². The van der Waals surface area contributed by atoms with Crippen molar-refractivity contribution in [3.05, 3.63) is 11.6 Å². The Hall–Kier alpha value is -0.790. The molecule has 0 radical (unpaired) electrons. The first kappa shape index (κ1) is 10.7. The zero-order valence-corrected chi connectivity index (χ0v) is 9.88. The predicted octanol–water partition coefficient (Wildman–Crippen LogP) is 3.07. The maximum atomic E-state index is 11.0. The molecule has 2 nitrogen and oxygen atoms in total. The van der Waals surface area contributed by atoms with Crippen LogP contribution in [0.25, 0.3) is 0 Å². The van der Waals surface area contributed by atoms with Crippen LogP contribution in [0, 0.1) is 11.8 Å². The van der Waals surface area contributed by atoms with Gasteiger partial charge in [0, 0.05) is 12.8 Å². The van der Waals surface area contributed by atoms with Crippen molar-refractivity contribution in [3.63, 3.8) is 0 Å². The van der Waals surface area contributed by atoms with Gasteiger partial charge in [-0.05, 0) is 38.5 Å². The van der Waals surface area contributed by atoms with Crippen molar-refractivity contribution in [1.82, 2.24) is 0 Å². The van der Waals surface area contributed by atoms with Crippen LogP contribution in [-0.2, 0) is 9.53 Å². The smallest absolute Gasteiger partial charge is 0.303 e. The molecular formula is C13H20O2. The van der Waals surface area contributed by atoms with Gasteiger partial charge in [0.05, 0.1) is 0 Å². The van der Waals surface area contributed by atoms with Gasteiger partial charge in [-0.1, -0.05) is 18.6 Å². The molecule has 2 unspecified atom stereocenters. The lowest BCUT2D eigenvalue weighted by molar-refractivity contribution is -0.149. The van der Waals surface area contributed by atoms with E-state index in [0.29, 0.717) is 11.8 Å². The van der Waals surface area contributed by atoms with Gasteiger partial charge < -0.3 is 4.74 Å². The summed E-state index contributed by atoms with van der Waals surface area (Å²) in [5, 5.41) is 0. The van der Waals surface area contributed by atoms with Gasteiger partial charge in [0.15, 0.2) is 0 Å². The highest BCUT2D eigenvalue weighted by Gasteiger charge is 2.61. The van der Waals surface area contributed by atoms with Crippen LogP contribution >= 0.6 is 0 Å². The van der Waals surface area contributed by atoms with E-state index in [1.54, 1.807) is 0 Å². The quantitative estimate of drug-likeness (QED) is 0.524. The Morgan fingerprint density at radius 3 is 2.60 bits per heavy atom. The van der Waals surface area contributed by atoms with Gasteiger partial charge in [-0.2, -0.15) is 0 Å². The van der Waals surface area contributed by atoms with E-state index in [1.807, 2.05) is 0 Å². The van der Waals surface area contributed by atoms with Gasteiger partial charge in [-0.3, -0.25) is 4.79 Å². The molecule has 0 saturated heterocycles. The second kappa shape index (κ2) is 3.66. The van der Waals surface area contributed by atoms with Crippen molar-refractivity contribution < 1.29 is 9.53 Å². The van der Waals surface area contributed by atoms with Crippen molar-refractivity contribution in [2.24, 2.45) is 11.8 Å². The molecule has 0 aromatic rings. The SMILES string of the molecule is CCC(C)=CC1CC1C1(OC(C)=O)CC1. The van der Waals surface area contributed by atoms with Crippen LogP contribution in [-0.4, -0.2) is 11.6 Å². The van der Waals surface area contributed by atoms with E-state index in [2.05, 4.69) is 19.9 Å². The van der Waals surface area contributed by atoms with Crippen LogP contribution in [0.5, 0.6) is 0 Å². The van der Waals surface area contributed by atoms with Gasteiger partial charge in [-0.25, -0.2) is 0 Å². The van der Waals surface area contributed by atoms with Crippen molar-refractivity contribution in [2.45, 2.75) is 52.1 Å². The first-order valence-corrected chi connectivity index (χ1v) is 5.94. The average molecular weight is 208 g/mol. The standard InChI is InChI=1S/C13H20O2/c1-4-9(2)7-11-8-12(11)13(5-6-13)15-10(3)14/h7,11-12H,4-6,8H2,1-3H3. The topological polar surface area (TPSA) is 26.3 Å². The summed E-state index contributed by atoms with van der Waals surface area (Å²) in [5.74, 6) is 1.17. The Kier molecular flexibility index (Phi) is 2.61. The van der Waals surface area contributed by atoms with E-state index in [0.717, 1.165) is 19.3 Å². The van der Waals surface area contributed by atoms with E-state index in [1.165, 1.54) is 18.9 Å². The molecule has 2 heteroatoms. The molecule has 15 heavy (non-hydrogen) atoms. The van der Waals surface area contributed by atoms with Crippen LogP contribution in [0.15, 0.2) is 11.6 Å². The summed E-state index contributed by atoms with van der Waals surface area (Å²) in [6.07, 6.45) is 6.86. The third-order valence-corrected chi connectivity index (χ3v) is 3.66. The van der Waals surface area contributed by atoms with Crippen LogP contribution in [0.2, 0.25) is 0 Å². The minimum Gasteiger partial charge on any atom is -0.459 e. The molecule has 2 fully saturated rings. The van der Waals surface area contributed by atoms with Gasteiger partial charge in [0.1, 0.15) is 5.60 Å². The zero-order valence-electron chi connectivity index (χ0n) is 9.88. The Morgan fingerprint density at radius 1 is 1.47 bits per heavy atom. The van der Waals surface area contributed by atoms with Crippen molar-refractivity contribution in [2.75, 3.05) is 0 Å². The van der Waals surface area contributed by atoms with Gasteiger partial charge >= 0.3 is 5.97 Å². The maximum absolute atomic E-state index is 11.0. The van der Waals surface area contributed by atoms with Crippen molar-refractivity contribution >= 4 is 5.97 Å². The maximum Gasteiger partial charge on any atom is 0.303 e. The minimum atomic E-state index is -0.116. The molecule has 2 atom stereocenters. The lowest BCUT2D eigenvalue weighted by atomic mass is 10.1. The second-order valence-electron chi connectivity index (χ2n) is 5.03. The largest absolute Gasteiger partial charge is 0.459 e. The molecular weight excluding hydrogens is 188 g/mol. The molecule has 2 rings (SSSR count). The number of hydrogen-bond acceptors (Lipinski definition) is 2. The zero-order chi connectivity index (χ0) is 11.1. The third kappa shape index (κ3) is 2.24. The molecule has 2 aliphatic rings. The lowest BCUT2D eigenvalue weighted by Gasteiger charge is -2.14. The normalized spacial score (nSPS) is 32.3. The van der Waals surface area contributed by atoms with E-state index >= 15 is 0 Å². The highest BCUT2D eigenvalue weighted by molar-refractivity contribution is 5.67. The molecule has 0 N–H and O–H groups in total. The summed E-state index contributed by atoms with van der Waals surface area (Å²) in [6.45, 7) is 5.88. The average Bonchev–Trinajstić information content (AvgIpc) is 3.00. The fourth-order valence-corrected chi connectivity index (χ4v) is 2.45. The number of allylic oxidation sites excluding steroid dienone is 2. The summed E-state index contributed by atoms with van der Waals surface area (Å²) in [5.41, 5.74) is 1.40. The first-order valence-electron chi connectivity index (χ1n) is 5.94. The van der Waals surface area contributed by atoms with E-state index < -0.39 is 0 Å². The summed E-state index contributed by atoms with van der Waals surface area (Å²) in [4.78, 5) is 11.0. The van der Waals surface area contributed by atoms with E-state index in [-0.39, 0.29) is 11.6 Å². The molecule has 0 spiro atoms. The van der Waals surface area contributed by atoms with Gasteiger partial charge in [0.25, 0.3) is 0 Å². The number of rotatable bonds is 4. The lowest BCUT2D eigenvalue weighted by Crippen LogP contribution is -2.20. The number of carbonyl (C=O) groups is 1. The van der Waals surface area contributed by atoms with Crippen LogP contribution in [0.4, 0.5) is 0 Å². The monoisotopic (exact) mass is 208 g/mol. The molecule has 0 amide bonds. The highest BCUT2D eigenvalue weighted by atomic mass is 16.6.